The van der Waals surface area contributed by atoms with Crippen LogP contribution in [0.15, 0.2) is 4.99 Å². The minimum absolute atomic E-state index is 0. The summed E-state index contributed by atoms with van der Waals surface area (Å²) in [5.41, 5.74) is 0.341. The summed E-state index contributed by atoms with van der Waals surface area (Å²) in [6, 6.07) is 0. The number of sulfone groups is 1. The summed E-state index contributed by atoms with van der Waals surface area (Å²) in [6.07, 6.45) is 7.61. The maximum Gasteiger partial charge on any atom is 0.191 e. The minimum atomic E-state index is -2.94. The van der Waals surface area contributed by atoms with Crippen LogP contribution in [0.4, 0.5) is 0 Å². The van der Waals surface area contributed by atoms with Crippen molar-refractivity contribution >= 4 is 39.8 Å². The second kappa shape index (κ2) is 10.7. The maximum atomic E-state index is 11.2. The lowest BCUT2D eigenvalue weighted by Crippen LogP contribution is -2.40. The van der Waals surface area contributed by atoms with Gasteiger partial charge in [-0.05, 0) is 37.5 Å². The van der Waals surface area contributed by atoms with E-state index >= 15 is 0 Å². The molecule has 7 heteroatoms. The molecule has 2 N–H and O–H groups in total. The van der Waals surface area contributed by atoms with Gasteiger partial charge in [-0.25, -0.2) is 8.42 Å². The van der Waals surface area contributed by atoms with Gasteiger partial charge in [0.1, 0.15) is 9.84 Å². The van der Waals surface area contributed by atoms with Gasteiger partial charge < -0.3 is 10.6 Å². The lowest BCUT2D eigenvalue weighted by atomic mass is 9.78. The van der Waals surface area contributed by atoms with Gasteiger partial charge >= 0.3 is 0 Å². The molecule has 0 bridgehead atoms. The Morgan fingerprint density at radius 2 is 1.83 bits per heavy atom. The fourth-order valence-corrected chi connectivity index (χ4v) is 3.83. The van der Waals surface area contributed by atoms with Crippen molar-refractivity contribution in [3.8, 4) is 0 Å². The van der Waals surface area contributed by atoms with Crippen LogP contribution < -0.4 is 10.6 Å². The summed E-state index contributed by atoms with van der Waals surface area (Å²) < 4.78 is 22.4. The molecule has 1 saturated carbocycles. The largest absolute Gasteiger partial charge is 0.357 e. The maximum absolute atomic E-state index is 11.2. The van der Waals surface area contributed by atoms with Crippen LogP contribution in [0.3, 0.4) is 0 Å². The standard InChI is InChI=1S/C16H33N3O2S.HI/c1-5-17-15(18-10-11-22(4,20)21)19-13-16(12-14(2)3)8-6-7-9-16;/h14H,5-13H2,1-4H3,(H2,17,18,19);1H. The minimum Gasteiger partial charge on any atom is -0.357 e. The van der Waals surface area contributed by atoms with Crippen molar-refractivity contribution in [2.75, 3.05) is 31.6 Å². The first-order chi connectivity index (χ1) is 10.3. The first-order valence-corrected chi connectivity index (χ1v) is 10.5. The predicted octanol–water partition coefficient (Wildman–Crippen LogP) is 2.81. The van der Waals surface area contributed by atoms with Crippen LogP contribution in [-0.4, -0.2) is 46.0 Å². The Morgan fingerprint density at radius 3 is 2.30 bits per heavy atom. The van der Waals surface area contributed by atoms with Crippen LogP contribution in [-0.2, 0) is 9.84 Å². The van der Waals surface area contributed by atoms with Gasteiger partial charge in [0, 0.05) is 25.9 Å². The molecule has 0 aromatic heterocycles. The van der Waals surface area contributed by atoms with E-state index in [4.69, 9.17) is 4.99 Å². The predicted molar refractivity (Wildman–Crippen MR) is 109 cm³/mol. The number of hydrogen-bond acceptors (Lipinski definition) is 3. The zero-order valence-corrected chi connectivity index (χ0v) is 18.2. The molecule has 0 saturated heterocycles. The van der Waals surface area contributed by atoms with E-state index in [9.17, 15) is 8.42 Å². The molecule has 0 aromatic carbocycles. The summed E-state index contributed by atoms with van der Waals surface area (Å²) in [5.74, 6) is 1.56. The molecule has 0 atom stereocenters. The van der Waals surface area contributed by atoms with E-state index in [1.165, 1.54) is 38.4 Å². The average molecular weight is 459 g/mol. The third-order valence-electron chi connectivity index (χ3n) is 4.19. The second-order valence-electron chi connectivity index (χ2n) is 7.06. The Balaban J connectivity index is 0.00000484. The Bertz CT molecular complexity index is 458. The van der Waals surface area contributed by atoms with Gasteiger partial charge in [-0.2, -0.15) is 0 Å². The van der Waals surface area contributed by atoms with Crippen LogP contribution >= 0.6 is 24.0 Å². The summed E-state index contributed by atoms with van der Waals surface area (Å²) in [7, 11) is -2.94. The van der Waals surface area contributed by atoms with Crippen molar-refractivity contribution in [1.82, 2.24) is 10.6 Å². The summed E-state index contributed by atoms with van der Waals surface area (Å²) in [5, 5.41) is 6.34. The lowest BCUT2D eigenvalue weighted by Gasteiger charge is -2.29. The molecule has 0 unspecified atom stereocenters. The van der Waals surface area contributed by atoms with Gasteiger partial charge in [0.05, 0.1) is 5.75 Å². The van der Waals surface area contributed by atoms with E-state index in [-0.39, 0.29) is 29.7 Å². The van der Waals surface area contributed by atoms with Crippen molar-refractivity contribution in [3.63, 3.8) is 0 Å². The van der Waals surface area contributed by atoms with E-state index < -0.39 is 9.84 Å². The summed E-state index contributed by atoms with van der Waals surface area (Å²) in [4.78, 5) is 4.74. The topological polar surface area (TPSA) is 70.6 Å². The zero-order valence-electron chi connectivity index (χ0n) is 15.0. The highest BCUT2D eigenvalue weighted by Gasteiger charge is 2.34. The third-order valence-corrected chi connectivity index (χ3v) is 5.13. The van der Waals surface area contributed by atoms with Crippen LogP contribution in [0, 0.1) is 11.3 Å². The van der Waals surface area contributed by atoms with Crippen LogP contribution in [0.1, 0.15) is 52.9 Å². The van der Waals surface area contributed by atoms with E-state index in [0.29, 0.717) is 17.9 Å². The lowest BCUT2D eigenvalue weighted by molar-refractivity contribution is 0.245. The highest BCUT2D eigenvalue weighted by atomic mass is 127. The molecular weight excluding hydrogens is 425 g/mol. The SMILES string of the molecule is CCNC(=NCC1(CC(C)C)CCCC1)NCCS(C)(=O)=O.I. The highest BCUT2D eigenvalue weighted by Crippen LogP contribution is 2.43. The Labute approximate surface area is 159 Å². The second-order valence-corrected chi connectivity index (χ2v) is 9.32. The van der Waals surface area contributed by atoms with Gasteiger partial charge in [-0.15, -0.1) is 24.0 Å². The number of aliphatic imine (C=N–C) groups is 1. The molecule has 0 spiro atoms. The number of hydrogen-bond donors (Lipinski definition) is 2. The van der Waals surface area contributed by atoms with Crippen molar-refractivity contribution in [2.24, 2.45) is 16.3 Å². The van der Waals surface area contributed by atoms with Crippen molar-refractivity contribution < 1.29 is 8.42 Å². The molecule has 0 heterocycles. The Kier molecular flexibility index (Phi) is 10.7. The van der Waals surface area contributed by atoms with E-state index in [1.807, 2.05) is 6.92 Å². The molecule has 0 aliphatic heterocycles. The number of guanidine groups is 1. The van der Waals surface area contributed by atoms with Crippen LogP contribution in [0.5, 0.6) is 0 Å². The Morgan fingerprint density at radius 1 is 1.22 bits per heavy atom. The van der Waals surface area contributed by atoms with Crippen molar-refractivity contribution in [1.29, 1.82) is 0 Å². The molecule has 0 amide bonds. The summed E-state index contributed by atoms with van der Waals surface area (Å²) in [6.45, 7) is 8.59. The van der Waals surface area contributed by atoms with Crippen molar-refractivity contribution in [2.45, 2.75) is 52.9 Å². The number of nitrogens with one attached hydrogen (secondary N) is 2. The molecule has 0 radical (unpaired) electrons. The van der Waals surface area contributed by atoms with Gasteiger partial charge in [-0.1, -0.05) is 26.7 Å². The third kappa shape index (κ3) is 9.74. The molecule has 23 heavy (non-hydrogen) atoms. The molecule has 5 nitrogen and oxygen atoms in total. The zero-order chi connectivity index (χ0) is 16.6. The quantitative estimate of drug-likeness (QED) is 0.333. The fourth-order valence-electron chi connectivity index (χ4n) is 3.36. The van der Waals surface area contributed by atoms with Crippen LogP contribution in [0.2, 0.25) is 0 Å². The van der Waals surface area contributed by atoms with Gasteiger partial charge in [0.2, 0.25) is 0 Å². The van der Waals surface area contributed by atoms with Crippen molar-refractivity contribution in [3.05, 3.63) is 0 Å². The fraction of sp³-hybridized carbons (Fsp3) is 0.938. The molecule has 1 rings (SSSR count). The average Bonchev–Trinajstić information content (AvgIpc) is 2.82. The Hall–Kier alpha value is -0.0500. The molecule has 1 aliphatic carbocycles. The first-order valence-electron chi connectivity index (χ1n) is 8.46. The van der Waals surface area contributed by atoms with Gasteiger partial charge in [-0.3, -0.25) is 4.99 Å². The molecular formula is C16H34IN3O2S. The summed E-state index contributed by atoms with van der Waals surface area (Å²) >= 11 is 0. The smallest absolute Gasteiger partial charge is 0.191 e. The first kappa shape index (κ1) is 22.9. The molecule has 1 fully saturated rings. The monoisotopic (exact) mass is 459 g/mol. The van der Waals surface area contributed by atoms with E-state index in [0.717, 1.165) is 19.0 Å². The van der Waals surface area contributed by atoms with Gasteiger partial charge in [0.15, 0.2) is 5.96 Å². The molecule has 1 aliphatic rings. The normalized spacial score (nSPS) is 17.9. The molecule has 0 aromatic rings. The van der Waals surface area contributed by atoms with Gasteiger partial charge in [0.25, 0.3) is 0 Å². The van der Waals surface area contributed by atoms with E-state index in [1.54, 1.807) is 0 Å². The van der Waals surface area contributed by atoms with Crippen LogP contribution in [0.25, 0.3) is 0 Å². The number of halogens is 1. The molecule has 138 valence electrons. The number of rotatable bonds is 8. The van der Waals surface area contributed by atoms with E-state index in [2.05, 4.69) is 24.5 Å². The number of nitrogens with zero attached hydrogens (tertiary/aromatic N) is 1. The highest BCUT2D eigenvalue weighted by molar-refractivity contribution is 14.0.